The zero-order valence-corrected chi connectivity index (χ0v) is 19.9. The molecule has 0 amide bonds. The minimum atomic E-state index is -0.231. The molecule has 1 saturated heterocycles. The van der Waals surface area contributed by atoms with Gasteiger partial charge in [-0.3, -0.25) is 4.99 Å². The molecule has 0 bridgehead atoms. The number of halogens is 3. The Labute approximate surface area is 193 Å². The van der Waals surface area contributed by atoms with Crippen LogP contribution in [0.4, 0.5) is 15.9 Å². The number of nitrogens with one attached hydrogen (secondary N) is 2. The van der Waals surface area contributed by atoms with Gasteiger partial charge in [0.05, 0.1) is 10.7 Å². The lowest BCUT2D eigenvalue weighted by Crippen LogP contribution is -2.44. The molecule has 1 aliphatic heterocycles. The van der Waals surface area contributed by atoms with Crippen LogP contribution in [0.2, 0.25) is 5.02 Å². The van der Waals surface area contributed by atoms with E-state index in [1.54, 1.807) is 30.3 Å². The van der Waals surface area contributed by atoms with Crippen LogP contribution in [0.1, 0.15) is 12.0 Å². The molecule has 0 radical (unpaired) electrons. The highest BCUT2D eigenvalue weighted by atomic mass is 127. The fourth-order valence-electron chi connectivity index (χ4n) is 3.28. The van der Waals surface area contributed by atoms with Crippen LogP contribution in [-0.2, 0) is 6.54 Å². The van der Waals surface area contributed by atoms with Crippen molar-refractivity contribution in [3.05, 3.63) is 52.9 Å². The summed E-state index contributed by atoms with van der Waals surface area (Å²) in [6.45, 7) is 2.17. The van der Waals surface area contributed by atoms with Crippen LogP contribution in [0, 0.1) is 5.82 Å². The third kappa shape index (κ3) is 6.08. The van der Waals surface area contributed by atoms with Crippen LogP contribution in [0.3, 0.4) is 0 Å². The molecule has 6 nitrogen and oxygen atoms in total. The van der Waals surface area contributed by atoms with Gasteiger partial charge in [0.1, 0.15) is 11.6 Å². The van der Waals surface area contributed by atoms with Gasteiger partial charge in [-0.1, -0.05) is 17.7 Å². The third-order valence-corrected chi connectivity index (χ3v) is 5.04. The van der Waals surface area contributed by atoms with Gasteiger partial charge in [0.15, 0.2) is 5.96 Å². The van der Waals surface area contributed by atoms with Crippen molar-refractivity contribution in [2.45, 2.75) is 19.0 Å². The molecule has 1 aliphatic rings. The molecule has 1 fully saturated rings. The Bertz CT molecular complexity index is 847. The Morgan fingerprint density at radius 2 is 2.17 bits per heavy atom. The predicted octanol–water partition coefficient (Wildman–Crippen LogP) is 3.50. The topological polar surface area (TPSA) is 55.8 Å². The number of nitrogens with zero attached hydrogens (tertiary/aromatic N) is 4. The molecule has 1 unspecified atom stereocenters. The molecule has 2 aromatic rings. The number of hydrogen-bond acceptors (Lipinski definition) is 4. The summed E-state index contributed by atoms with van der Waals surface area (Å²) in [6.07, 6.45) is 2.71. The maximum Gasteiger partial charge on any atom is 0.191 e. The largest absolute Gasteiger partial charge is 0.375 e. The molecule has 1 aromatic heterocycles. The Kier molecular flexibility index (Phi) is 8.76. The van der Waals surface area contributed by atoms with Gasteiger partial charge in [-0.25, -0.2) is 9.37 Å². The zero-order chi connectivity index (χ0) is 20.1. The minimum absolute atomic E-state index is 0. The van der Waals surface area contributed by atoms with Crippen molar-refractivity contribution in [2.24, 2.45) is 4.99 Å². The van der Waals surface area contributed by atoms with Gasteiger partial charge in [0, 0.05) is 53.0 Å². The van der Waals surface area contributed by atoms with Crippen molar-refractivity contribution in [2.75, 3.05) is 44.0 Å². The van der Waals surface area contributed by atoms with Crippen LogP contribution >= 0.6 is 35.6 Å². The van der Waals surface area contributed by atoms with Gasteiger partial charge in [0.2, 0.25) is 0 Å². The average molecular weight is 533 g/mol. The summed E-state index contributed by atoms with van der Waals surface area (Å²) in [5, 5.41) is 7.34. The summed E-state index contributed by atoms with van der Waals surface area (Å²) >= 11 is 6.25. The lowest BCUT2D eigenvalue weighted by Gasteiger charge is -2.20. The van der Waals surface area contributed by atoms with E-state index in [2.05, 4.69) is 25.5 Å². The van der Waals surface area contributed by atoms with E-state index in [1.807, 2.05) is 32.3 Å². The molecular weight excluding hydrogens is 506 g/mol. The fourth-order valence-corrected chi connectivity index (χ4v) is 3.52. The van der Waals surface area contributed by atoms with Crippen molar-refractivity contribution in [1.82, 2.24) is 15.6 Å². The number of pyridine rings is 1. The Morgan fingerprint density at radius 3 is 2.83 bits per heavy atom. The van der Waals surface area contributed by atoms with Gasteiger partial charge in [-0.05, 0) is 36.2 Å². The van der Waals surface area contributed by atoms with Gasteiger partial charge in [-0.15, -0.1) is 24.0 Å². The van der Waals surface area contributed by atoms with E-state index in [0.29, 0.717) is 23.2 Å². The zero-order valence-electron chi connectivity index (χ0n) is 16.8. The molecule has 158 valence electrons. The van der Waals surface area contributed by atoms with Gasteiger partial charge in [-0.2, -0.15) is 0 Å². The quantitative estimate of drug-likeness (QED) is 0.351. The maximum absolute atomic E-state index is 14.1. The molecule has 3 rings (SSSR count). The fraction of sp³-hybridized carbons (Fsp3) is 0.400. The summed E-state index contributed by atoms with van der Waals surface area (Å²) in [5.41, 5.74) is 1.44. The van der Waals surface area contributed by atoms with Crippen LogP contribution in [0.25, 0.3) is 0 Å². The number of anilines is 2. The molecule has 1 atom stereocenters. The minimum Gasteiger partial charge on any atom is -0.375 e. The molecule has 1 aromatic carbocycles. The van der Waals surface area contributed by atoms with E-state index in [1.165, 1.54) is 0 Å². The lowest BCUT2D eigenvalue weighted by molar-refractivity contribution is 0.621. The smallest absolute Gasteiger partial charge is 0.191 e. The second-order valence-electron chi connectivity index (χ2n) is 6.99. The summed E-state index contributed by atoms with van der Waals surface area (Å²) in [6, 6.07) is 9.17. The van der Waals surface area contributed by atoms with E-state index in [9.17, 15) is 4.39 Å². The number of benzene rings is 1. The summed E-state index contributed by atoms with van der Waals surface area (Å²) in [5.74, 6) is 1.27. The Morgan fingerprint density at radius 1 is 1.38 bits per heavy atom. The highest BCUT2D eigenvalue weighted by molar-refractivity contribution is 14.0. The maximum atomic E-state index is 14.1. The first-order valence-corrected chi connectivity index (χ1v) is 9.64. The predicted molar refractivity (Wildman–Crippen MR) is 129 cm³/mol. The molecule has 0 saturated carbocycles. The highest BCUT2D eigenvalue weighted by Gasteiger charge is 2.25. The second-order valence-corrected chi connectivity index (χ2v) is 7.40. The van der Waals surface area contributed by atoms with E-state index in [4.69, 9.17) is 11.6 Å². The van der Waals surface area contributed by atoms with Crippen LogP contribution in [0.15, 0.2) is 41.5 Å². The Hall–Kier alpha value is -1.81. The monoisotopic (exact) mass is 532 g/mol. The SMILES string of the molecule is CN=C(NCc1ccc(N(C)C)c(F)c1)NC1CCN(c2ncccc2Cl)C1.I. The first kappa shape index (κ1) is 23.5. The second kappa shape index (κ2) is 10.8. The number of rotatable bonds is 5. The van der Waals surface area contributed by atoms with Crippen LogP contribution in [0.5, 0.6) is 0 Å². The number of aromatic nitrogens is 1. The van der Waals surface area contributed by atoms with Gasteiger partial charge < -0.3 is 20.4 Å². The van der Waals surface area contributed by atoms with E-state index in [-0.39, 0.29) is 35.8 Å². The number of guanidine groups is 1. The molecule has 2 heterocycles. The average Bonchev–Trinajstić information content (AvgIpc) is 3.13. The van der Waals surface area contributed by atoms with Crippen molar-refractivity contribution >= 4 is 53.0 Å². The molecule has 29 heavy (non-hydrogen) atoms. The Balaban J connectivity index is 0.00000300. The molecule has 2 N–H and O–H groups in total. The molecule has 9 heteroatoms. The third-order valence-electron chi connectivity index (χ3n) is 4.75. The summed E-state index contributed by atoms with van der Waals surface area (Å²) < 4.78 is 14.1. The van der Waals surface area contributed by atoms with Gasteiger partial charge >= 0.3 is 0 Å². The van der Waals surface area contributed by atoms with Crippen molar-refractivity contribution in [3.63, 3.8) is 0 Å². The van der Waals surface area contributed by atoms with Crippen LogP contribution in [-0.4, -0.2) is 51.2 Å². The van der Waals surface area contributed by atoms with E-state index in [0.717, 1.165) is 30.9 Å². The van der Waals surface area contributed by atoms with Gasteiger partial charge in [0.25, 0.3) is 0 Å². The molecule has 0 spiro atoms. The van der Waals surface area contributed by atoms with Crippen LogP contribution < -0.4 is 20.4 Å². The molecular formula is C20H27ClFIN6. The lowest BCUT2D eigenvalue weighted by atomic mass is 10.2. The highest BCUT2D eigenvalue weighted by Crippen LogP contribution is 2.25. The first-order chi connectivity index (χ1) is 13.5. The van der Waals surface area contributed by atoms with Crippen molar-refractivity contribution in [3.8, 4) is 0 Å². The van der Waals surface area contributed by atoms with Crippen molar-refractivity contribution < 1.29 is 4.39 Å². The summed E-state index contributed by atoms with van der Waals surface area (Å²) in [7, 11) is 5.38. The van der Waals surface area contributed by atoms with Crippen molar-refractivity contribution in [1.29, 1.82) is 0 Å². The summed E-state index contributed by atoms with van der Waals surface area (Å²) in [4.78, 5) is 12.6. The first-order valence-electron chi connectivity index (χ1n) is 9.26. The van der Waals surface area contributed by atoms with E-state index >= 15 is 0 Å². The number of aliphatic imine (C=N–C) groups is 1. The number of hydrogen-bond donors (Lipinski definition) is 2. The standard InChI is InChI=1S/C20H26ClFN6.HI/c1-23-20(25-12-14-6-7-18(27(2)3)17(22)11-14)26-15-8-10-28(13-15)19-16(21)5-4-9-24-19;/h4-7,9,11,15H,8,10,12-13H2,1-3H3,(H2,23,25,26);1H. The van der Waals surface area contributed by atoms with E-state index < -0.39 is 0 Å². The molecule has 0 aliphatic carbocycles. The normalized spacial score (nSPS) is 16.4.